The van der Waals surface area contributed by atoms with Crippen molar-refractivity contribution in [1.82, 2.24) is 24.8 Å². The predicted octanol–water partition coefficient (Wildman–Crippen LogP) is 3.08. The molecule has 1 aromatic carbocycles. The van der Waals surface area contributed by atoms with E-state index in [1.165, 1.54) is 4.90 Å². The molecule has 3 aliphatic heterocycles. The van der Waals surface area contributed by atoms with Crippen molar-refractivity contribution in [3.05, 3.63) is 49.6 Å². The number of unbranched alkanes of at least 4 members (excludes halogenated alkanes) is 1. The second-order valence-corrected chi connectivity index (χ2v) is 12.2. The van der Waals surface area contributed by atoms with Crippen LogP contribution in [0.2, 0.25) is 0 Å². The minimum absolute atomic E-state index is 0.0732. The molecule has 1 N–H and O–H groups in total. The summed E-state index contributed by atoms with van der Waals surface area (Å²) in [6.45, 7) is 13.5. The average Bonchev–Trinajstić information content (AvgIpc) is 3.72. The zero-order valence-corrected chi connectivity index (χ0v) is 25.4. The van der Waals surface area contributed by atoms with Gasteiger partial charge in [0.1, 0.15) is 29.7 Å². The van der Waals surface area contributed by atoms with Crippen LogP contribution in [0.1, 0.15) is 52.9 Å². The van der Waals surface area contributed by atoms with Crippen molar-refractivity contribution in [2.75, 3.05) is 19.8 Å². The van der Waals surface area contributed by atoms with Crippen LogP contribution in [-0.4, -0.2) is 90.7 Å². The molecule has 3 saturated heterocycles. The fourth-order valence-electron chi connectivity index (χ4n) is 7.49. The van der Waals surface area contributed by atoms with Crippen molar-refractivity contribution in [2.24, 2.45) is 17.8 Å². The van der Waals surface area contributed by atoms with Crippen LogP contribution in [0.25, 0.3) is 11.0 Å². The quantitative estimate of drug-likeness (QED) is 0.201. The van der Waals surface area contributed by atoms with Crippen molar-refractivity contribution in [1.29, 1.82) is 0 Å². The van der Waals surface area contributed by atoms with Crippen LogP contribution in [0.5, 0.6) is 0 Å². The zero-order chi connectivity index (χ0) is 30.9. The number of aliphatic hydroxyl groups excluding tert-OH is 1. The maximum Gasteiger partial charge on any atom is 0.312 e. The van der Waals surface area contributed by atoms with Gasteiger partial charge in [0.05, 0.1) is 36.3 Å². The van der Waals surface area contributed by atoms with E-state index in [-0.39, 0.29) is 44.2 Å². The number of para-hydroxylation sites is 1. The van der Waals surface area contributed by atoms with Crippen LogP contribution >= 0.6 is 0 Å². The Morgan fingerprint density at radius 1 is 1.26 bits per heavy atom. The number of ether oxygens (including phenoxy) is 2. The normalized spacial score (nSPS) is 28.3. The Morgan fingerprint density at radius 2 is 2.02 bits per heavy atom. The van der Waals surface area contributed by atoms with Gasteiger partial charge in [-0.05, 0) is 50.2 Å². The molecule has 6 atom stereocenters. The molecule has 5 rings (SSSR count). The van der Waals surface area contributed by atoms with Gasteiger partial charge in [-0.3, -0.25) is 14.4 Å². The molecule has 2 amide bonds. The summed E-state index contributed by atoms with van der Waals surface area (Å²) in [5, 5.41) is 19.0. The molecule has 0 radical (unpaired) electrons. The maximum atomic E-state index is 14.8. The van der Waals surface area contributed by atoms with Gasteiger partial charge in [0.15, 0.2) is 0 Å². The Bertz CT molecular complexity index is 1390. The number of hydrogen-bond donors (Lipinski definition) is 1. The number of fused-ring (bicyclic) bond motifs is 2. The van der Waals surface area contributed by atoms with E-state index in [9.17, 15) is 19.5 Å². The third-order valence-corrected chi connectivity index (χ3v) is 9.60. The number of carbonyl (C=O) groups excluding carboxylic acids is 3. The molecule has 0 aliphatic carbocycles. The number of likely N-dealkylation sites (tertiary alicyclic amines) is 1. The van der Waals surface area contributed by atoms with Gasteiger partial charge >= 0.3 is 5.97 Å². The number of benzene rings is 1. The minimum Gasteiger partial charge on any atom is -0.465 e. The summed E-state index contributed by atoms with van der Waals surface area (Å²) in [4.78, 5) is 46.1. The Hall–Kier alpha value is -3.57. The number of aromatic nitrogens is 3. The van der Waals surface area contributed by atoms with E-state index in [0.717, 1.165) is 5.52 Å². The predicted molar refractivity (Wildman–Crippen MR) is 159 cm³/mol. The maximum absolute atomic E-state index is 14.8. The molecule has 43 heavy (non-hydrogen) atoms. The highest BCUT2D eigenvalue weighted by Gasteiger charge is 2.79. The first kappa shape index (κ1) is 30.9. The molecule has 1 spiro atoms. The fourth-order valence-corrected chi connectivity index (χ4v) is 7.49. The minimum atomic E-state index is -1.23. The van der Waals surface area contributed by atoms with E-state index >= 15 is 0 Å². The lowest BCUT2D eigenvalue weighted by atomic mass is 9.65. The molecule has 2 aromatic rings. The molecule has 1 aromatic heterocycles. The molecular weight excluding hydrogens is 550 g/mol. The summed E-state index contributed by atoms with van der Waals surface area (Å²) in [5.74, 6) is -3.07. The van der Waals surface area contributed by atoms with Gasteiger partial charge in [0.2, 0.25) is 11.8 Å². The number of aliphatic hydroxyl groups is 1. The van der Waals surface area contributed by atoms with Gasteiger partial charge in [-0.2, -0.15) is 0 Å². The van der Waals surface area contributed by atoms with Crippen LogP contribution in [0.4, 0.5) is 0 Å². The molecule has 2 bridgehead atoms. The van der Waals surface area contributed by atoms with E-state index in [2.05, 4.69) is 23.5 Å². The largest absolute Gasteiger partial charge is 0.465 e. The molecule has 232 valence electrons. The van der Waals surface area contributed by atoms with E-state index in [1.807, 2.05) is 45.0 Å². The second-order valence-electron chi connectivity index (χ2n) is 12.2. The Balaban J connectivity index is 1.56. The average molecular weight is 594 g/mol. The molecule has 4 heterocycles. The summed E-state index contributed by atoms with van der Waals surface area (Å²) in [7, 11) is 0. The first-order chi connectivity index (χ1) is 20.7. The van der Waals surface area contributed by atoms with Crippen molar-refractivity contribution in [2.45, 2.75) is 82.8 Å². The van der Waals surface area contributed by atoms with Crippen molar-refractivity contribution >= 4 is 28.8 Å². The smallest absolute Gasteiger partial charge is 0.312 e. The number of allylic oxidation sites excluding steroid dienone is 1. The highest BCUT2D eigenvalue weighted by Crippen LogP contribution is 2.65. The second kappa shape index (κ2) is 12.2. The van der Waals surface area contributed by atoms with Gasteiger partial charge in [-0.25, -0.2) is 4.68 Å². The molecular formula is C32H43N5O6. The summed E-state index contributed by atoms with van der Waals surface area (Å²) in [6.07, 6.45) is 6.20. The van der Waals surface area contributed by atoms with E-state index < -0.39 is 41.1 Å². The van der Waals surface area contributed by atoms with Crippen LogP contribution in [0, 0.1) is 17.8 Å². The van der Waals surface area contributed by atoms with E-state index in [4.69, 9.17) is 9.47 Å². The summed E-state index contributed by atoms with van der Waals surface area (Å²) >= 11 is 0. The first-order valence-corrected chi connectivity index (χ1v) is 15.3. The number of esters is 1. The molecule has 11 heteroatoms. The molecule has 0 saturated carbocycles. The van der Waals surface area contributed by atoms with Gasteiger partial charge in [0.25, 0.3) is 0 Å². The van der Waals surface area contributed by atoms with Gasteiger partial charge in [0, 0.05) is 6.54 Å². The molecule has 3 fully saturated rings. The number of rotatable bonds is 14. The summed E-state index contributed by atoms with van der Waals surface area (Å²) < 4.78 is 14.2. The number of amides is 2. The number of carbonyl (C=O) groups is 3. The highest BCUT2D eigenvalue weighted by atomic mass is 16.6. The molecule has 2 unspecified atom stereocenters. The van der Waals surface area contributed by atoms with Gasteiger partial charge in [-0.15, -0.1) is 18.3 Å². The Labute approximate surface area is 252 Å². The van der Waals surface area contributed by atoms with E-state index in [0.29, 0.717) is 37.6 Å². The van der Waals surface area contributed by atoms with Gasteiger partial charge in [-0.1, -0.05) is 50.3 Å². The van der Waals surface area contributed by atoms with Crippen molar-refractivity contribution in [3.8, 4) is 0 Å². The van der Waals surface area contributed by atoms with Crippen LogP contribution in [-0.2, 0) is 30.5 Å². The van der Waals surface area contributed by atoms with Gasteiger partial charge < -0.3 is 24.4 Å². The van der Waals surface area contributed by atoms with Crippen LogP contribution in [0.15, 0.2) is 49.6 Å². The third kappa shape index (κ3) is 4.96. The summed E-state index contributed by atoms with van der Waals surface area (Å²) in [5.41, 5.74) is -0.681. The lowest BCUT2D eigenvalue weighted by Gasteiger charge is -2.40. The molecule has 3 aliphatic rings. The van der Waals surface area contributed by atoms with Crippen LogP contribution in [0.3, 0.4) is 0 Å². The number of hydrogen-bond acceptors (Lipinski definition) is 8. The fraction of sp³-hybridized carbons (Fsp3) is 0.594. The SMILES string of the molecule is C=CCCCOC(=O)[C@@H]1[C@H]2C(=O)N([C@@H](CO)C(C)C)C(C(=O)N(CC=C)Cn3nnc4ccccc43)C23CC[C@@]1(CC)O3. The lowest BCUT2D eigenvalue weighted by Crippen LogP contribution is -2.59. The number of nitrogens with zero attached hydrogens (tertiary/aromatic N) is 5. The van der Waals surface area contributed by atoms with Crippen molar-refractivity contribution in [3.63, 3.8) is 0 Å². The lowest BCUT2D eigenvalue weighted by molar-refractivity contribution is -0.164. The first-order valence-electron chi connectivity index (χ1n) is 15.3. The van der Waals surface area contributed by atoms with E-state index in [1.54, 1.807) is 21.7 Å². The van der Waals surface area contributed by atoms with Crippen molar-refractivity contribution < 1.29 is 29.0 Å². The molecule has 11 nitrogen and oxygen atoms in total. The zero-order valence-electron chi connectivity index (χ0n) is 25.4. The standard InChI is InChI=1S/C32H43N5O6/c1-6-9-12-18-42-30(41)26-25-28(39)37(24(19-38)21(4)5)27(32(25)16-15-31(26,8-3)43-32)29(40)35(17-7-2)20-36-23-14-11-10-13-22(23)33-34-36/h6-7,10-11,13-14,21,24-27,38H,1-2,8-9,12,15-20H2,3-5H3/t24-,25-,26-,27?,31+,32?/m0/s1. The highest BCUT2D eigenvalue weighted by molar-refractivity contribution is 5.98. The van der Waals surface area contributed by atoms with Crippen LogP contribution < -0.4 is 0 Å². The monoisotopic (exact) mass is 593 g/mol. The Kier molecular flexibility index (Phi) is 8.76. The topological polar surface area (TPSA) is 127 Å². The Morgan fingerprint density at radius 3 is 2.70 bits per heavy atom. The summed E-state index contributed by atoms with van der Waals surface area (Å²) in [6, 6.07) is 5.78. The third-order valence-electron chi connectivity index (χ3n) is 9.60.